The first kappa shape index (κ1) is 22.3. The average Bonchev–Trinajstić information content (AvgIpc) is 3.36. The summed E-state index contributed by atoms with van der Waals surface area (Å²) in [6.07, 6.45) is 2.15. The smallest absolute Gasteiger partial charge is 0.153 e. The Balaban J connectivity index is 1.26. The van der Waals surface area contributed by atoms with Crippen molar-refractivity contribution in [2.45, 2.75) is 12.6 Å². The van der Waals surface area contributed by atoms with Crippen molar-refractivity contribution < 1.29 is 0 Å². The minimum absolute atomic E-state index is 0.606. The third-order valence-electron chi connectivity index (χ3n) is 7.44. The first-order valence-corrected chi connectivity index (χ1v) is 13.0. The summed E-state index contributed by atoms with van der Waals surface area (Å²) in [7, 11) is 0. The largest absolute Gasteiger partial charge is 0.357 e. The van der Waals surface area contributed by atoms with Crippen LogP contribution in [0.25, 0.3) is 38.6 Å². The summed E-state index contributed by atoms with van der Waals surface area (Å²) in [5, 5.41) is 6.24. The van der Waals surface area contributed by atoms with Crippen LogP contribution in [0.2, 0.25) is 0 Å². The molecule has 1 aliphatic heterocycles. The molecular weight excluding hydrogens is 462 g/mol. The summed E-state index contributed by atoms with van der Waals surface area (Å²) in [4.78, 5) is 8.79. The SMILES string of the molecule is CC1(c2ccc(-c3ccc4c(c3)[nH]c3ccccc34)cc2)N=C(c2ccccc2)C=C(c2ccccc2)N1. The van der Waals surface area contributed by atoms with E-state index in [1.165, 1.54) is 27.4 Å². The third kappa shape index (κ3) is 3.89. The van der Waals surface area contributed by atoms with Crippen LogP contribution in [0.15, 0.2) is 138 Å². The molecule has 0 amide bonds. The molecule has 0 saturated carbocycles. The van der Waals surface area contributed by atoms with E-state index < -0.39 is 5.66 Å². The molecule has 0 bridgehead atoms. The Morgan fingerprint density at radius 2 is 1.18 bits per heavy atom. The molecule has 38 heavy (non-hydrogen) atoms. The Bertz CT molecular complexity index is 1830. The summed E-state index contributed by atoms with van der Waals surface area (Å²) in [5.74, 6) is 0. The van der Waals surface area contributed by atoms with E-state index in [0.29, 0.717) is 0 Å². The molecule has 182 valence electrons. The van der Waals surface area contributed by atoms with Crippen molar-refractivity contribution in [2.24, 2.45) is 4.99 Å². The first-order valence-electron chi connectivity index (χ1n) is 13.0. The van der Waals surface area contributed by atoms with Gasteiger partial charge in [-0.15, -0.1) is 0 Å². The quantitative estimate of drug-likeness (QED) is 0.257. The molecule has 6 aromatic rings. The molecule has 1 unspecified atom stereocenters. The van der Waals surface area contributed by atoms with Gasteiger partial charge in [0.05, 0.1) is 5.71 Å². The lowest BCUT2D eigenvalue weighted by Gasteiger charge is -2.34. The number of aliphatic imine (C=N–C) groups is 1. The molecule has 7 rings (SSSR count). The number of hydrogen-bond acceptors (Lipinski definition) is 2. The van der Waals surface area contributed by atoms with Gasteiger partial charge in [0.25, 0.3) is 0 Å². The van der Waals surface area contributed by atoms with E-state index in [1.807, 2.05) is 12.1 Å². The van der Waals surface area contributed by atoms with Crippen LogP contribution < -0.4 is 5.32 Å². The Morgan fingerprint density at radius 1 is 0.553 bits per heavy atom. The van der Waals surface area contributed by atoms with Gasteiger partial charge in [0, 0.05) is 27.5 Å². The zero-order valence-electron chi connectivity index (χ0n) is 21.1. The molecule has 0 spiro atoms. The molecular formula is C35H27N3. The fourth-order valence-corrected chi connectivity index (χ4v) is 5.42. The molecule has 3 heteroatoms. The minimum Gasteiger partial charge on any atom is -0.357 e. The van der Waals surface area contributed by atoms with E-state index >= 15 is 0 Å². The Morgan fingerprint density at radius 3 is 1.95 bits per heavy atom. The van der Waals surface area contributed by atoms with Crippen LogP contribution in [0.1, 0.15) is 23.6 Å². The summed E-state index contributed by atoms with van der Waals surface area (Å²) in [6.45, 7) is 2.15. The van der Waals surface area contributed by atoms with Crippen molar-refractivity contribution in [3.8, 4) is 11.1 Å². The predicted octanol–water partition coefficient (Wildman–Crippen LogP) is 8.29. The van der Waals surface area contributed by atoms with Gasteiger partial charge in [0.2, 0.25) is 0 Å². The number of aromatic nitrogens is 1. The van der Waals surface area contributed by atoms with Crippen molar-refractivity contribution >= 4 is 33.2 Å². The second kappa shape index (κ2) is 8.89. The van der Waals surface area contributed by atoms with Crippen molar-refractivity contribution in [3.05, 3.63) is 150 Å². The van der Waals surface area contributed by atoms with Gasteiger partial charge in [0.15, 0.2) is 5.66 Å². The van der Waals surface area contributed by atoms with Crippen molar-refractivity contribution in [1.29, 1.82) is 0 Å². The molecule has 0 aliphatic carbocycles. The van der Waals surface area contributed by atoms with Crippen LogP contribution in [0, 0.1) is 0 Å². The number of rotatable bonds is 4. The number of para-hydroxylation sites is 1. The van der Waals surface area contributed by atoms with E-state index in [4.69, 9.17) is 4.99 Å². The van der Waals surface area contributed by atoms with Gasteiger partial charge < -0.3 is 10.3 Å². The Kier molecular flexibility index (Phi) is 5.22. The molecule has 0 saturated heterocycles. The van der Waals surface area contributed by atoms with Crippen LogP contribution in [-0.4, -0.2) is 10.7 Å². The second-order valence-electron chi connectivity index (χ2n) is 9.99. The molecule has 1 atom stereocenters. The normalized spacial score (nSPS) is 17.2. The zero-order valence-corrected chi connectivity index (χ0v) is 21.1. The fourth-order valence-electron chi connectivity index (χ4n) is 5.42. The van der Waals surface area contributed by atoms with Gasteiger partial charge >= 0.3 is 0 Å². The van der Waals surface area contributed by atoms with Gasteiger partial charge in [-0.2, -0.15) is 0 Å². The van der Waals surface area contributed by atoms with Gasteiger partial charge in [-0.05, 0) is 52.9 Å². The van der Waals surface area contributed by atoms with Gasteiger partial charge in [-0.25, -0.2) is 0 Å². The lowest BCUT2D eigenvalue weighted by molar-refractivity contribution is 0.447. The molecule has 1 aliphatic rings. The van der Waals surface area contributed by atoms with E-state index in [1.54, 1.807) is 0 Å². The summed E-state index contributed by atoms with van der Waals surface area (Å²) >= 11 is 0. The molecule has 1 aromatic heterocycles. The van der Waals surface area contributed by atoms with Gasteiger partial charge in [0.1, 0.15) is 0 Å². The first-order chi connectivity index (χ1) is 18.7. The van der Waals surface area contributed by atoms with Crippen LogP contribution in [0.5, 0.6) is 0 Å². The number of H-pyrrole nitrogens is 1. The number of nitrogens with zero attached hydrogens (tertiary/aromatic N) is 1. The number of nitrogens with one attached hydrogen (secondary N) is 2. The van der Waals surface area contributed by atoms with Crippen molar-refractivity contribution in [3.63, 3.8) is 0 Å². The Hall–Kier alpha value is -4.89. The van der Waals surface area contributed by atoms with Crippen molar-refractivity contribution in [2.75, 3.05) is 0 Å². The maximum Gasteiger partial charge on any atom is 0.153 e. The molecule has 2 N–H and O–H groups in total. The van der Waals surface area contributed by atoms with Gasteiger partial charge in [-0.1, -0.05) is 115 Å². The fraction of sp³-hybridized carbons (Fsp3) is 0.0571. The number of aromatic amines is 1. The average molecular weight is 490 g/mol. The van der Waals surface area contributed by atoms with Crippen molar-refractivity contribution in [1.82, 2.24) is 10.3 Å². The third-order valence-corrected chi connectivity index (χ3v) is 7.44. The van der Waals surface area contributed by atoms with Gasteiger partial charge in [-0.3, -0.25) is 4.99 Å². The molecule has 0 fully saturated rings. The summed E-state index contributed by atoms with van der Waals surface area (Å²) < 4.78 is 0. The van der Waals surface area contributed by atoms with E-state index in [0.717, 1.165) is 33.6 Å². The van der Waals surface area contributed by atoms with Crippen LogP contribution in [0.4, 0.5) is 0 Å². The lowest BCUT2D eigenvalue weighted by Crippen LogP contribution is -2.40. The van der Waals surface area contributed by atoms with E-state index in [9.17, 15) is 0 Å². The van der Waals surface area contributed by atoms with Crippen LogP contribution in [0.3, 0.4) is 0 Å². The number of allylic oxidation sites excluding steroid dienone is 1. The molecule has 2 heterocycles. The minimum atomic E-state index is -0.606. The molecule has 3 nitrogen and oxygen atoms in total. The Labute approximate surface area is 222 Å². The monoisotopic (exact) mass is 489 g/mol. The number of fused-ring (bicyclic) bond motifs is 3. The van der Waals surface area contributed by atoms with E-state index in [2.05, 4.69) is 139 Å². The highest BCUT2D eigenvalue weighted by atomic mass is 15.2. The highest BCUT2D eigenvalue weighted by molar-refractivity contribution is 6.13. The maximum absolute atomic E-state index is 5.22. The van der Waals surface area contributed by atoms with Crippen LogP contribution in [-0.2, 0) is 5.66 Å². The molecule has 0 radical (unpaired) electrons. The highest BCUT2D eigenvalue weighted by Crippen LogP contribution is 2.34. The number of benzene rings is 5. The summed E-state index contributed by atoms with van der Waals surface area (Å²) in [6, 6.07) is 44.8. The lowest BCUT2D eigenvalue weighted by atomic mass is 9.93. The molecule has 5 aromatic carbocycles. The standard InChI is InChI=1S/C35H27N3/c1-35(37-32(25-10-4-2-5-11-25)23-33(38-35)26-12-6-3-7-13-26)28-19-16-24(17-20-28)27-18-21-30-29-14-8-9-15-31(29)36-34(30)22-27/h2-23,36-37H,1H3. The van der Waals surface area contributed by atoms with E-state index in [-0.39, 0.29) is 0 Å². The highest BCUT2D eigenvalue weighted by Gasteiger charge is 2.31. The second-order valence-corrected chi connectivity index (χ2v) is 9.99. The maximum atomic E-state index is 5.22. The topological polar surface area (TPSA) is 40.2 Å². The number of hydrogen-bond donors (Lipinski definition) is 2. The van der Waals surface area contributed by atoms with Crippen LogP contribution >= 0.6 is 0 Å². The summed E-state index contributed by atoms with van der Waals surface area (Å²) in [5.41, 5.74) is 9.49. The zero-order chi connectivity index (χ0) is 25.5. The predicted molar refractivity (Wildman–Crippen MR) is 159 cm³/mol.